The SMILES string of the molecule is CC(C)CC1CCCC2(C1)C[C@@H](O)c1ccccc1O2. The second kappa shape index (κ2) is 5.40. The summed E-state index contributed by atoms with van der Waals surface area (Å²) in [5, 5.41) is 10.5. The van der Waals surface area contributed by atoms with E-state index in [0.717, 1.165) is 42.4 Å². The lowest BCUT2D eigenvalue weighted by molar-refractivity contribution is -0.0538. The van der Waals surface area contributed by atoms with E-state index in [9.17, 15) is 5.11 Å². The molecule has 0 saturated heterocycles. The number of ether oxygens (including phenoxy) is 1. The summed E-state index contributed by atoms with van der Waals surface area (Å²) in [6.45, 7) is 4.60. The Kier molecular flexibility index (Phi) is 3.76. The van der Waals surface area contributed by atoms with E-state index in [2.05, 4.69) is 13.8 Å². The fourth-order valence-electron chi connectivity index (χ4n) is 4.18. The van der Waals surface area contributed by atoms with Crippen LogP contribution in [0.3, 0.4) is 0 Å². The van der Waals surface area contributed by atoms with Gasteiger partial charge >= 0.3 is 0 Å². The average Bonchev–Trinajstić information content (AvgIpc) is 2.38. The molecule has 0 bridgehead atoms. The Morgan fingerprint density at radius 1 is 1.30 bits per heavy atom. The molecular weight excluding hydrogens is 248 g/mol. The molecule has 0 radical (unpaired) electrons. The summed E-state index contributed by atoms with van der Waals surface area (Å²) < 4.78 is 6.38. The zero-order chi connectivity index (χ0) is 14.2. The predicted octanol–water partition coefficient (Wildman–Crippen LogP) is 4.48. The van der Waals surface area contributed by atoms with Crippen LogP contribution in [-0.2, 0) is 0 Å². The van der Waals surface area contributed by atoms with Crippen molar-refractivity contribution in [3.63, 3.8) is 0 Å². The number of fused-ring (bicyclic) bond motifs is 1. The van der Waals surface area contributed by atoms with Crippen LogP contribution in [0.25, 0.3) is 0 Å². The van der Waals surface area contributed by atoms with Gasteiger partial charge in [-0.05, 0) is 43.6 Å². The van der Waals surface area contributed by atoms with Crippen LogP contribution in [0.15, 0.2) is 24.3 Å². The van der Waals surface area contributed by atoms with Crippen LogP contribution in [-0.4, -0.2) is 10.7 Å². The summed E-state index contributed by atoms with van der Waals surface area (Å²) in [5.41, 5.74) is 0.843. The third kappa shape index (κ3) is 2.71. The fraction of sp³-hybridized carbons (Fsp3) is 0.667. The molecule has 1 fully saturated rings. The van der Waals surface area contributed by atoms with E-state index in [-0.39, 0.29) is 11.7 Å². The minimum Gasteiger partial charge on any atom is -0.487 e. The summed E-state index contributed by atoms with van der Waals surface area (Å²) in [7, 11) is 0. The molecule has 1 N–H and O–H groups in total. The van der Waals surface area contributed by atoms with Crippen molar-refractivity contribution < 1.29 is 9.84 Å². The Balaban J connectivity index is 1.80. The minimum atomic E-state index is -0.363. The van der Waals surface area contributed by atoms with Crippen molar-refractivity contribution in [1.82, 2.24) is 0 Å². The molecule has 3 rings (SSSR count). The van der Waals surface area contributed by atoms with Crippen molar-refractivity contribution in [2.24, 2.45) is 11.8 Å². The van der Waals surface area contributed by atoms with Crippen LogP contribution in [0, 0.1) is 11.8 Å². The van der Waals surface area contributed by atoms with Crippen molar-refractivity contribution in [1.29, 1.82) is 0 Å². The second-order valence-electron chi connectivity index (χ2n) is 7.13. The maximum Gasteiger partial charge on any atom is 0.125 e. The molecule has 3 atom stereocenters. The van der Waals surface area contributed by atoms with Crippen molar-refractivity contribution >= 4 is 0 Å². The van der Waals surface area contributed by atoms with E-state index in [1.165, 1.54) is 19.3 Å². The zero-order valence-corrected chi connectivity index (χ0v) is 12.6. The number of para-hydroxylation sites is 1. The standard InChI is InChI=1S/C18H26O2/c1-13(2)10-14-6-5-9-18(11-14)12-16(19)15-7-3-4-8-17(15)20-18/h3-4,7-8,13-14,16,19H,5-6,9-12H2,1-2H3/t14?,16-,18?/m1/s1. The van der Waals surface area contributed by atoms with E-state index in [4.69, 9.17) is 4.74 Å². The second-order valence-corrected chi connectivity index (χ2v) is 7.13. The highest BCUT2D eigenvalue weighted by Gasteiger charge is 2.43. The van der Waals surface area contributed by atoms with Crippen molar-refractivity contribution in [2.45, 2.75) is 64.1 Å². The maximum atomic E-state index is 10.5. The highest BCUT2D eigenvalue weighted by molar-refractivity contribution is 5.38. The fourth-order valence-corrected chi connectivity index (χ4v) is 4.18. The first-order valence-corrected chi connectivity index (χ1v) is 8.04. The molecular formula is C18H26O2. The van der Waals surface area contributed by atoms with Gasteiger partial charge in [0.05, 0.1) is 6.10 Å². The van der Waals surface area contributed by atoms with E-state index in [1.54, 1.807) is 0 Å². The molecule has 2 aliphatic rings. The van der Waals surface area contributed by atoms with Crippen LogP contribution < -0.4 is 4.74 Å². The number of rotatable bonds is 2. The van der Waals surface area contributed by atoms with Gasteiger partial charge in [-0.1, -0.05) is 38.5 Å². The minimum absolute atomic E-state index is 0.119. The summed E-state index contributed by atoms with van der Waals surface area (Å²) in [5.74, 6) is 2.40. The third-order valence-electron chi connectivity index (χ3n) is 4.88. The Bertz CT molecular complexity index is 468. The van der Waals surface area contributed by atoms with Crippen LogP contribution in [0.4, 0.5) is 0 Å². The molecule has 20 heavy (non-hydrogen) atoms. The van der Waals surface area contributed by atoms with Gasteiger partial charge in [0.1, 0.15) is 11.4 Å². The van der Waals surface area contributed by atoms with E-state index in [0.29, 0.717) is 0 Å². The topological polar surface area (TPSA) is 29.5 Å². The maximum absolute atomic E-state index is 10.5. The van der Waals surface area contributed by atoms with Gasteiger partial charge in [-0.3, -0.25) is 0 Å². The van der Waals surface area contributed by atoms with E-state index >= 15 is 0 Å². The van der Waals surface area contributed by atoms with Gasteiger partial charge in [0.2, 0.25) is 0 Å². The van der Waals surface area contributed by atoms with Gasteiger partial charge in [0.15, 0.2) is 0 Å². The van der Waals surface area contributed by atoms with Crippen molar-refractivity contribution in [3.8, 4) is 5.75 Å². The predicted molar refractivity (Wildman–Crippen MR) is 80.8 cm³/mol. The quantitative estimate of drug-likeness (QED) is 0.861. The molecule has 1 aliphatic carbocycles. The lowest BCUT2D eigenvalue weighted by Crippen LogP contribution is -2.45. The van der Waals surface area contributed by atoms with Gasteiger partial charge in [-0.2, -0.15) is 0 Å². The number of aliphatic hydroxyl groups excluding tert-OH is 1. The highest BCUT2D eigenvalue weighted by atomic mass is 16.5. The molecule has 1 aliphatic heterocycles. The largest absolute Gasteiger partial charge is 0.487 e. The average molecular weight is 274 g/mol. The number of hydrogen-bond acceptors (Lipinski definition) is 2. The molecule has 1 aromatic rings. The number of benzene rings is 1. The summed E-state index contributed by atoms with van der Waals surface area (Å²) in [6, 6.07) is 7.97. The Hall–Kier alpha value is -1.02. The zero-order valence-electron chi connectivity index (χ0n) is 12.6. The first-order chi connectivity index (χ1) is 9.58. The molecule has 2 nitrogen and oxygen atoms in total. The molecule has 1 saturated carbocycles. The third-order valence-corrected chi connectivity index (χ3v) is 4.88. The molecule has 0 aromatic heterocycles. The van der Waals surface area contributed by atoms with Gasteiger partial charge in [0, 0.05) is 12.0 Å². The van der Waals surface area contributed by atoms with Gasteiger partial charge < -0.3 is 9.84 Å². The summed E-state index contributed by atoms with van der Waals surface area (Å²) in [4.78, 5) is 0. The summed E-state index contributed by atoms with van der Waals surface area (Å²) >= 11 is 0. The Morgan fingerprint density at radius 3 is 2.90 bits per heavy atom. The molecule has 2 unspecified atom stereocenters. The lowest BCUT2D eigenvalue weighted by Gasteiger charge is -2.46. The molecule has 0 amide bonds. The van der Waals surface area contributed by atoms with Crippen LogP contribution >= 0.6 is 0 Å². The first kappa shape index (κ1) is 13.9. The lowest BCUT2D eigenvalue weighted by atomic mass is 9.71. The van der Waals surface area contributed by atoms with Crippen LogP contribution in [0.5, 0.6) is 5.75 Å². The van der Waals surface area contributed by atoms with E-state index < -0.39 is 0 Å². The highest BCUT2D eigenvalue weighted by Crippen LogP contribution is 2.48. The number of hydrogen-bond donors (Lipinski definition) is 1. The molecule has 1 aromatic carbocycles. The monoisotopic (exact) mass is 274 g/mol. The van der Waals surface area contributed by atoms with Gasteiger partial charge in [-0.25, -0.2) is 0 Å². The smallest absolute Gasteiger partial charge is 0.125 e. The molecule has 1 spiro atoms. The van der Waals surface area contributed by atoms with Crippen molar-refractivity contribution in [3.05, 3.63) is 29.8 Å². The normalized spacial score (nSPS) is 33.0. The molecule has 110 valence electrons. The van der Waals surface area contributed by atoms with Gasteiger partial charge in [-0.15, -0.1) is 0 Å². The first-order valence-electron chi connectivity index (χ1n) is 8.04. The summed E-state index contributed by atoms with van der Waals surface area (Å²) in [6.07, 6.45) is 6.43. The molecule has 2 heteroatoms. The Morgan fingerprint density at radius 2 is 2.10 bits per heavy atom. The van der Waals surface area contributed by atoms with Crippen LogP contribution in [0.2, 0.25) is 0 Å². The van der Waals surface area contributed by atoms with Crippen molar-refractivity contribution in [2.75, 3.05) is 0 Å². The van der Waals surface area contributed by atoms with Gasteiger partial charge in [0.25, 0.3) is 0 Å². The van der Waals surface area contributed by atoms with E-state index in [1.807, 2.05) is 24.3 Å². The number of aliphatic hydroxyl groups is 1. The molecule has 1 heterocycles. The Labute approximate surface area is 122 Å². The van der Waals surface area contributed by atoms with Crippen LogP contribution in [0.1, 0.15) is 64.0 Å².